The Bertz CT molecular complexity index is 797. The summed E-state index contributed by atoms with van der Waals surface area (Å²) in [5.74, 6) is -1.61. The maximum atomic E-state index is 12.7. The summed E-state index contributed by atoms with van der Waals surface area (Å²) < 4.78 is 22.9. The predicted molar refractivity (Wildman–Crippen MR) is 86.8 cm³/mol. The zero-order valence-corrected chi connectivity index (χ0v) is 13.3. The highest BCUT2D eigenvalue weighted by Gasteiger charge is 2.15. The molecule has 0 atom stereocenters. The van der Waals surface area contributed by atoms with Gasteiger partial charge in [0.1, 0.15) is 11.6 Å². The number of carbonyl (C=O) groups excluding carboxylic acids is 2. The zero-order chi connectivity index (χ0) is 18.9. The van der Waals surface area contributed by atoms with Crippen molar-refractivity contribution in [1.82, 2.24) is 10.9 Å². The molecule has 0 saturated carbocycles. The van der Waals surface area contributed by atoms with Crippen LogP contribution in [-0.4, -0.2) is 30.0 Å². The second-order valence-electron chi connectivity index (χ2n) is 4.85. The average molecular weight is 363 g/mol. The quantitative estimate of drug-likeness (QED) is 0.566. The van der Waals surface area contributed by atoms with Crippen LogP contribution in [0.3, 0.4) is 0 Å². The van der Waals surface area contributed by atoms with Gasteiger partial charge in [0.2, 0.25) is 0 Å². The predicted octanol–water partition coefficient (Wildman–Crippen LogP) is 1.34. The van der Waals surface area contributed by atoms with Gasteiger partial charge < -0.3 is 9.47 Å². The number of hydrazine groups is 1. The van der Waals surface area contributed by atoms with Gasteiger partial charge in [-0.15, -0.1) is 0 Å². The SMILES string of the molecule is O=C(COc1ccc(F)cc1)NNC(=O)COc1ccccc1[N+](=O)[O-]. The molecule has 0 aromatic heterocycles. The summed E-state index contributed by atoms with van der Waals surface area (Å²) in [6.45, 7) is -0.944. The van der Waals surface area contributed by atoms with Gasteiger partial charge in [-0.05, 0) is 30.3 Å². The Balaban J connectivity index is 1.72. The summed E-state index contributed by atoms with van der Waals surface area (Å²) in [6.07, 6.45) is 0. The lowest BCUT2D eigenvalue weighted by molar-refractivity contribution is -0.385. The van der Waals surface area contributed by atoms with E-state index in [-0.39, 0.29) is 17.2 Å². The summed E-state index contributed by atoms with van der Waals surface area (Å²) in [5, 5.41) is 10.8. The highest BCUT2D eigenvalue weighted by molar-refractivity contribution is 5.83. The van der Waals surface area contributed by atoms with E-state index in [1.54, 1.807) is 0 Å². The van der Waals surface area contributed by atoms with Crippen LogP contribution in [0.4, 0.5) is 10.1 Å². The van der Waals surface area contributed by atoms with Gasteiger partial charge in [-0.2, -0.15) is 0 Å². The Morgan fingerprint density at radius 1 is 0.962 bits per heavy atom. The number of carbonyl (C=O) groups is 2. The van der Waals surface area contributed by atoms with E-state index in [4.69, 9.17) is 9.47 Å². The van der Waals surface area contributed by atoms with E-state index < -0.39 is 35.8 Å². The van der Waals surface area contributed by atoms with E-state index in [9.17, 15) is 24.1 Å². The topological polar surface area (TPSA) is 120 Å². The van der Waals surface area contributed by atoms with Gasteiger partial charge in [0, 0.05) is 6.07 Å². The first-order valence-electron chi connectivity index (χ1n) is 7.28. The molecule has 136 valence electrons. The fraction of sp³-hybridized carbons (Fsp3) is 0.125. The Morgan fingerprint density at radius 2 is 1.54 bits per heavy atom. The number of nitrogens with one attached hydrogen (secondary N) is 2. The molecule has 0 spiro atoms. The van der Waals surface area contributed by atoms with Crippen molar-refractivity contribution in [3.63, 3.8) is 0 Å². The second kappa shape index (κ2) is 8.97. The standard InChI is InChI=1S/C16H14FN3O6/c17-11-5-7-12(8-6-11)25-9-15(21)18-19-16(22)10-26-14-4-2-1-3-13(14)20(23)24/h1-8H,9-10H2,(H,18,21)(H,19,22). The minimum atomic E-state index is -0.724. The molecule has 2 amide bonds. The Hall–Kier alpha value is -3.69. The molecule has 0 aliphatic rings. The van der Waals surface area contributed by atoms with Gasteiger partial charge in [-0.1, -0.05) is 12.1 Å². The Morgan fingerprint density at radius 3 is 2.15 bits per heavy atom. The number of hydrogen-bond acceptors (Lipinski definition) is 6. The molecule has 26 heavy (non-hydrogen) atoms. The number of ether oxygens (including phenoxy) is 2. The molecule has 2 aromatic carbocycles. The minimum Gasteiger partial charge on any atom is -0.484 e. The average Bonchev–Trinajstić information content (AvgIpc) is 2.64. The number of rotatable bonds is 7. The summed E-state index contributed by atoms with van der Waals surface area (Å²) in [6, 6.07) is 10.6. The molecule has 2 N–H and O–H groups in total. The summed E-state index contributed by atoms with van der Waals surface area (Å²) in [4.78, 5) is 33.3. The maximum absolute atomic E-state index is 12.7. The fourth-order valence-electron chi connectivity index (χ4n) is 1.76. The third-order valence-corrected chi connectivity index (χ3v) is 2.95. The van der Waals surface area contributed by atoms with Crippen molar-refractivity contribution in [2.75, 3.05) is 13.2 Å². The van der Waals surface area contributed by atoms with Crippen molar-refractivity contribution in [1.29, 1.82) is 0 Å². The van der Waals surface area contributed by atoms with Crippen molar-refractivity contribution < 1.29 is 28.4 Å². The van der Waals surface area contributed by atoms with Crippen LogP contribution in [0, 0.1) is 15.9 Å². The number of nitrogens with zero attached hydrogens (tertiary/aromatic N) is 1. The lowest BCUT2D eigenvalue weighted by Gasteiger charge is -2.09. The summed E-state index contributed by atoms with van der Waals surface area (Å²) in [7, 11) is 0. The molecule has 0 aliphatic heterocycles. The molecule has 0 radical (unpaired) electrons. The molecule has 0 unspecified atom stereocenters. The van der Waals surface area contributed by atoms with Crippen molar-refractivity contribution >= 4 is 17.5 Å². The first-order valence-corrected chi connectivity index (χ1v) is 7.28. The van der Waals surface area contributed by atoms with Crippen LogP contribution in [0.15, 0.2) is 48.5 Å². The van der Waals surface area contributed by atoms with E-state index in [0.29, 0.717) is 0 Å². The molecule has 0 bridgehead atoms. The van der Waals surface area contributed by atoms with Crippen molar-refractivity contribution in [3.8, 4) is 11.5 Å². The lowest BCUT2D eigenvalue weighted by Crippen LogP contribution is -2.45. The second-order valence-corrected chi connectivity index (χ2v) is 4.85. The molecule has 0 heterocycles. The van der Waals surface area contributed by atoms with E-state index in [1.807, 2.05) is 0 Å². The van der Waals surface area contributed by atoms with Crippen molar-refractivity contribution in [2.45, 2.75) is 0 Å². The molecular formula is C16H14FN3O6. The van der Waals surface area contributed by atoms with Crippen molar-refractivity contribution in [3.05, 3.63) is 64.5 Å². The molecule has 0 aliphatic carbocycles. The first kappa shape index (κ1) is 18.6. The molecular weight excluding hydrogens is 349 g/mol. The third-order valence-electron chi connectivity index (χ3n) is 2.95. The van der Waals surface area contributed by atoms with Gasteiger partial charge in [-0.3, -0.25) is 30.6 Å². The maximum Gasteiger partial charge on any atom is 0.310 e. The van der Waals surface area contributed by atoms with Gasteiger partial charge in [0.15, 0.2) is 19.0 Å². The van der Waals surface area contributed by atoms with Gasteiger partial charge >= 0.3 is 5.69 Å². The summed E-state index contributed by atoms with van der Waals surface area (Å²) in [5.41, 5.74) is 3.88. The monoisotopic (exact) mass is 363 g/mol. The van der Waals surface area contributed by atoms with Crippen molar-refractivity contribution in [2.24, 2.45) is 0 Å². The van der Waals surface area contributed by atoms with E-state index in [0.717, 1.165) is 0 Å². The molecule has 2 rings (SSSR count). The number of halogens is 1. The smallest absolute Gasteiger partial charge is 0.310 e. The lowest BCUT2D eigenvalue weighted by atomic mass is 10.3. The van der Waals surface area contributed by atoms with E-state index in [2.05, 4.69) is 10.9 Å². The number of benzene rings is 2. The van der Waals surface area contributed by atoms with Crippen LogP contribution in [0.2, 0.25) is 0 Å². The van der Waals surface area contributed by atoms with Gasteiger partial charge in [0.05, 0.1) is 4.92 Å². The minimum absolute atomic E-state index is 0.0707. The zero-order valence-electron chi connectivity index (χ0n) is 13.3. The number of para-hydroxylation sites is 2. The van der Waals surface area contributed by atoms with E-state index in [1.165, 1.54) is 48.5 Å². The number of hydrogen-bond donors (Lipinski definition) is 2. The Labute approximate surface area is 146 Å². The highest BCUT2D eigenvalue weighted by Crippen LogP contribution is 2.25. The van der Waals surface area contributed by atoms with Crippen LogP contribution in [-0.2, 0) is 9.59 Å². The number of nitro benzene ring substituents is 1. The normalized spacial score (nSPS) is 9.88. The molecule has 0 fully saturated rings. The van der Waals surface area contributed by atoms with Crippen LogP contribution >= 0.6 is 0 Å². The summed E-state index contributed by atoms with van der Waals surface area (Å²) >= 11 is 0. The van der Waals surface area contributed by atoms with Crippen LogP contribution in [0.25, 0.3) is 0 Å². The van der Waals surface area contributed by atoms with Crippen LogP contribution in [0.5, 0.6) is 11.5 Å². The van der Waals surface area contributed by atoms with Crippen LogP contribution < -0.4 is 20.3 Å². The molecule has 10 heteroatoms. The molecule has 0 saturated heterocycles. The molecule has 2 aromatic rings. The largest absolute Gasteiger partial charge is 0.484 e. The van der Waals surface area contributed by atoms with Gasteiger partial charge in [0.25, 0.3) is 11.8 Å². The number of amides is 2. The molecule has 9 nitrogen and oxygen atoms in total. The number of nitro groups is 1. The third kappa shape index (κ3) is 5.74. The Kier molecular flexibility index (Phi) is 6.43. The first-order chi connectivity index (χ1) is 12.5. The van der Waals surface area contributed by atoms with E-state index >= 15 is 0 Å². The van der Waals surface area contributed by atoms with Crippen LogP contribution in [0.1, 0.15) is 0 Å². The highest BCUT2D eigenvalue weighted by atomic mass is 19.1. The fourth-order valence-corrected chi connectivity index (χ4v) is 1.76. The van der Waals surface area contributed by atoms with Gasteiger partial charge in [-0.25, -0.2) is 4.39 Å².